The summed E-state index contributed by atoms with van der Waals surface area (Å²) in [6, 6.07) is 8.16. The number of imidazole rings is 1. The second-order valence-electron chi connectivity index (χ2n) is 3.94. The van der Waals surface area contributed by atoms with Gasteiger partial charge in [0.25, 0.3) is 0 Å². The summed E-state index contributed by atoms with van der Waals surface area (Å²) in [5, 5.41) is 8.79. The number of nitrogens with zero attached hydrogens (tertiary/aromatic N) is 1. The Morgan fingerprint density at radius 2 is 2.25 bits per heavy atom. The Labute approximate surface area is 92.0 Å². The van der Waals surface area contributed by atoms with Gasteiger partial charge in [0.2, 0.25) is 0 Å². The third-order valence-electron chi connectivity index (χ3n) is 3.01. The standard InChI is InChI=1S/C12H10N2O2/c15-12(16)10-6-13-11(14-10)9-5-7-3-1-2-4-8(7)9/h1-4,6,9H,5H2,(H,13,14)(H,15,16). The molecule has 0 fully saturated rings. The van der Waals surface area contributed by atoms with Gasteiger partial charge in [-0.1, -0.05) is 24.3 Å². The number of rotatable bonds is 2. The number of fused-ring (bicyclic) bond motifs is 1. The molecule has 3 rings (SSSR count). The summed E-state index contributed by atoms with van der Waals surface area (Å²) in [7, 11) is 0. The highest BCUT2D eigenvalue weighted by Gasteiger charge is 2.29. The number of hydrogen-bond acceptors (Lipinski definition) is 2. The zero-order valence-corrected chi connectivity index (χ0v) is 8.47. The lowest BCUT2D eigenvalue weighted by atomic mass is 9.77. The second-order valence-corrected chi connectivity index (χ2v) is 3.94. The van der Waals surface area contributed by atoms with Gasteiger partial charge in [-0.05, 0) is 17.5 Å². The van der Waals surface area contributed by atoms with Gasteiger partial charge in [0.15, 0.2) is 0 Å². The molecule has 0 spiro atoms. The molecule has 1 heterocycles. The van der Waals surface area contributed by atoms with Crippen LogP contribution in [0.3, 0.4) is 0 Å². The highest BCUT2D eigenvalue weighted by atomic mass is 16.4. The van der Waals surface area contributed by atoms with E-state index in [1.807, 2.05) is 12.1 Å². The van der Waals surface area contributed by atoms with E-state index in [9.17, 15) is 4.79 Å². The number of H-pyrrole nitrogens is 1. The molecule has 1 unspecified atom stereocenters. The normalized spacial score (nSPS) is 17.6. The minimum atomic E-state index is -0.966. The molecule has 2 N–H and O–H groups in total. The Bertz CT molecular complexity index is 560. The lowest BCUT2D eigenvalue weighted by Gasteiger charge is -2.28. The van der Waals surface area contributed by atoms with E-state index in [-0.39, 0.29) is 11.6 Å². The summed E-state index contributed by atoms with van der Waals surface area (Å²) in [5.41, 5.74) is 2.72. The summed E-state index contributed by atoms with van der Waals surface area (Å²) < 4.78 is 0. The van der Waals surface area contributed by atoms with E-state index in [2.05, 4.69) is 22.1 Å². The van der Waals surface area contributed by atoms with Crippen LogP contribution >= 0.6 is 0 Å². The predicted molar refractivity (Wildman–Crippen MR) is 57.5 cm³/mol. The molecular weight excluding hydrogens is 204 g/mol. The van der Waals surface area contributed by atoms with E-state index in [0.717, 1.165) is 12.2 Å². The molecule has 1 aliphatic carbocycles. The van der Waals surface area contributed by atoms with Gasteiger partial charge in [0.05, 0.1) is 6.20 Å². The summed E-state index contributed by atoms with van der Waals surface area (Å²) in [6.45, 7) is 0. The molecular formula is C12H10N2O2. The van der Waals surface area contributed by atoms with E-state index >= 15 is 0 Å². The van der Waals surface area contributed by atoms with Crippen molar-refractivity contribution in [3.63, 3.8) is 0 Å². The van der Waals surface area contributed by atoms with Crippen LogP contribution < -0.4 is 0 Å². The smallest absolute Gasteiger partial charge is 0.353 e. The molecule has 0 bridgehead atoms. The molecule has 1 atom stereocenters. The quantitative estimate of drug-likeness (QED) is 0.801. The Morgan fingerprint density at radius 1 is 1.44 bits per heavy atom. The van der Waals surface area contributed by atoms with Crippen molar-refractivity contribution < 1.29 is 9.90 Å². The van der Waals surface area contributed by atoms with Gasteiger partial charge < -0.3 is 10.1 Å². The van der Waals surface area contributed by atoms with Gasteiger partial charge in [0, 0.05) is 5.92 Å². The Morgan fingerprint density at radius 3 is 2.94 bits per heavy atom. The van der Waals surface area contributed by atoms with Crippen LogP contribution in [0.1, 0.15) is 33.4 Å². The topological polar surface area (TPSA) is 66.0 Å². The molecule has 0 amide bonds. The highest BCUT2D eigenvalue weighted by Crippen LogP contribution is 2.38. The zero-order valence-electron chi connectivity index (χ0n) is 8.47. The van der Waals surface area contributed by atoms with Crippen molar-refractivity contribution in [2.75, 3.05) is 0 Å². The molecule has 4 nitrogen and oxygen atoms in total. The fourth-order valence-electron chi connectivity index (χ4n) is 2.13. The summed E-state index contributed by atoms with van der Waals surface area (Å²) >= 11 is 0. The molecule has 0 saturated heterocycles. The van der Waals surface area contributed by atoms with Crippen LogP contribution in [0.4, 0.5) is 0 Å². The van der Waals surface area contributed by atoms with Gasteiger partial charge in [-0.3, -0.25) is 0 Å². The lowest BCUT2D eigenvalue weighted by molar-refractivity contribution is 0.0691. The second kappa shape index (κ2) is 3.20. The maximum absolute atomic E-state index is 10.7. The molecule has 1 aromatic heterocycles. The van der Waals surface area contributed by atoms with Crippen molar-refractivity contribution in [3.05, 3.63) is 53.1 Å². The number of hydrogen-bond donors (Lipinski definition) is 2. The Kier molecular flexibility index (Phi) is 1.83. The maximum atomic E-state index is 10.7. The van der Waals surface area contributed by atoms with Crippen LogP contribution in [0.25, 0.3) is 0 Å². The van der Waals surface area contributed by atoms with Crippen molar-refractivity contribution in [1.29, 1.82) is 0 Å². The molecule has 0 radical (unpaired) electrons. The first-order valence-electron chi connectivity index (χ1n) is 5.11. The van der Waals surface area contributed by atoms with Crippen LogP contribution in [0.5, 0.6) is 0 Å². The van der Waals surface area contributed by atoms with Crippen molar-refractivity contribution in [1.82, 2.24) is 9.97 Å². The summed E-state index contributed by atoms with van der Waals surface area (Å²) in [6.07, 6.45) is 2.31. The number of carboxylic acids is 1. The molecule has 16 heavy (non-hydrogen) atoms. The van der Waals surface area contributed by atoms with E-state index in [4.69, 9.17) is 5.11 Å². The van der Waals surface area contributed by atoms with Gasteiger partial charge in [-0.15, -0.1) is 0 Å². The van der Waals surface area contributed by atoms with Gasteiger partial charge in [0.1, 0.15) is 11.5 Å². The van der Waals surface area contributed by atoms with Crippen molar-refractivity contribution in [3.8, 4) is 0 Å². The van der Waals surface area contributed by atoms with Gasteiger partial charge >= 0.3 is 5.97 Å². The summed E-state index contributed by atoms with van der Waals surface area (Å²) in [5.74, 6) is 0.00626. The zero-order chi connectivity index (χ0) is 11.1. The Hall–Kier alpha value is -2.10. The number of aromatic carboxylic acids is 1. The van der Waals surface area contributed by atoms with E-state index in [0.29, 0.717) is 0 Å². The van der Waals surface area contributed by atoms with Crippen molar-refractivity contribution >= 4 is 5.97 Å². The average molecular weight is 214 g/mol. The maximum Gasteiger partial charge on any atom is 0.353 e. The first-order valence-corrected chi connectivity index (χ1v) is 5.11. The molecule has 0 aliphatic heterocycles. The third-order valence-corrected chi connectivity index (χ3v) is 3.01. The van der Waals surface area contributed by atoms with Crippen molar-refractivity contribution in [2.45, 2.75) is 12.3 Å². The highest BCUT2D eigenvalue weighted by molar-refractivity contribution is 5.85. The molecule has 2 aromatic rings. The molecule has 1 aliphatic rings. The molecule has 4 heteroatoms. The minimum absolute atomic E-state index is 0.152. The van der Waals surface area contributed by atoms with Crippen LogP contribution in [0.2, 0.25) is 0 Å². The van der Waals surface area contributed by atoms with Gasteiger partial charge in [-0.25, -0.2) is 9.78 Å². The fourth-order valence-corrected chi connectivity index (χ4v) is 2.13. The SMILES string of the molecule is O=C(O)c1cnc(C2Cc3ccccc32)[nH]1. The third kappa shape index (κ3) is 1.23. The van der Waals surface area contributed by atoms with E-state index in [1.54, 1.807) is 0 Å². The van der Waals surface area contributed by atoms with Gasteiger partial charge in [-0.2, -0.15) is 0 Å². The molecule has 80 valence electrons. The van der Waals surface area contributed by atoms with Crippen molar-refractivity contribution in [2.24, 2.45) is 0 Å². The van der Waals surface area contributed by atoms with Crippen LogP contribution in [0, 0.1) is 0 Å². The van der Waals surface area contributed by atoms with E-state index < -0.39 is 5.97 Å². The first-order chi connectivity index (χ1) is 7.75. The number of aromatic amines is 1. The Balaban J connectivity index is 1.93. The van der Waals surface area contributed by atoms with Crippen LogP contribution in [-0.4, -0.2) is 21.0 Å². The minimum Gasteiger partial charge on any atom is -0.477 e. The fraction of sp³-hybridized carbons (Fsp3) is 0.167. The number of carboxylic acid groups (broad SMARTS) is 1. The predicted octanol–water partition coefficient (Wildman–Crippen LogP) is 1.80. The first kappa shape index (κ1) is 9.15. The monoisotopic (exact) mass is 214 g/mol. The lowest BCUT2D eigenvalue weighted by Crippen LogP contribution is -2.19. The largest absolute Gasteiger partial charge is 0.477 e. The summed E-state index contributed by atoms with van der Waals surface area (Å²) in [4.78, 5) is 17.7. The number of benzene rings is 1. The van der Waals surface area contributed by atoms with E-state index in [1.165, 1.54) is 17.3 Å². The molecule has 0 saturated carbocycles. The van der Waals surface area contributed by atoms with Crippen LogP contribution in [-0.2, 0) is 6.42 Å². The number of carbonyl (C=O) groups is 1. The molecule has 1 aromatic carbocycles. The average Bonchev–Trinajstić information content (AvgIpc) is 2.69. The van der Waals surface area contributed by atoms with Crippen LogP contribution in [0.15, 0.2) is 30.5 Å². The number of aromatic nitrogens is 2. The number of nitrogens with one attached hydrogen (secondary N) is 1.